The molecule has 0 aliphatic carbocycles. The van der Waals surface area contributed by atoms with Crippen molar-refractivity contribution in [3.63, 3.8) is 0 Å². The van der Waals surface area contributed by atoms with E-state index >= 15 is 0 Å². The molecule has 2 nitrogen and oxygen atoms in total. The molecule has 0 bridgehead atoms. The van der Waals surface area contributed by atoms with Crippen LogP contribution >= 0.6 is 12.4 Å². The molecule has 7 heavy (non-hydrogen) atoms. The molecule has 0 aromatic heterocycles. The zero-order valence-corrected chi connectivity index (χ0v) is 5.22. The number of hydrazine groups is 1. The molecule has 0 aliphatic rings. The van der Waals surface area contributed by atoms with Crippen LogP contribution in [0.15, 0.2) is 12.2 Å². The molecule has 0 fully saturated rings. The van der Waals surface area contributed by atoms with Gasteiger partial charge in [-0.05, 0) is 6.92 Å². The number of hydrogen-bond acceptors (Lipinski definition) is 2. The van der Waals surface area contributed by atoms with E-state index in [0.29, 0.717) is 6.54 Å². The maximum absolute atomic E-state index is 4.92. The van der Waals surface area contributed by atoms with Gasteiger partial charge in [0.05, 0.1) is 0 Å². The molecular weight excluding hydrogens is 112 g/mol. The zero-order valence-electron chi connectivity index (χ0n) is 4.40. The molecule has 44 valence electrons. The van der Waals surface area contributed by atoms with Crippen LogP contribution in [0.3, 0.4) is 0 Å². The van der Waals surface area contributed by atoms with Crippen LogP contribution in [0.5, 0.6) is 0 Å². The Labute approximate surface area is 50.2 Å². The first-order valence-electron chi connectivity index (χ1n) is 1.85. The van der Waals surface area contributed by atoms with Gasteiger partial charge in [-0.3, -0.25) is 11.3 Å². The minimum Gasteiger partial charge on any atom is -0.271 e. The van der Waals surface area contributed by atoms with Crippen LogP contribution in [0.4, 0.5) is 0 Å². The van der Waals surface area contributed by atoms with E-state index in [9.17, 15) is 0 Å². The van der Waals surface area contributed by atoms with Gasteiger partial charge in [0.1, 0.15) is 0 Å². The monoisotopic (exact) mass is 122 g/mol. The summed E-state index contributed by atoms with van der Waals surface area (Å²) in [6.45, 7) is 6.23. The van der Waals surface area contributed by atoms with Gasteiger partial charge in [-0.1, -0.05) is 12.2 Å². The summed E-state index contributed by atoms with van der Waals surface area (Å²) in [5.41, 5.74) is 3.52. The van der Waals surface area contributed by atoms with Gasteiger partial charge in [0.15, 0.2) is 0 Å². The van der Waals surface area contributed by atoms with Crippen molar-refractivity contribution >= 4 is 12.4 Å². The molecule has 0 spiro atoms. The van der Waals surface area contributed by atoms with Crippen LogP contribution in [0.1, 0.15) is 6.92 Å². The van der Waals surface area contributed by atoms with Crippen molar-refractivity contribution in [3.05, 3.63) is 12.2 Å². The lowest BCUT2D eigenvalue weighted by Crippen LogP contribution is -2.23. The number of rotatable bonds is 2. The van der Waals surface area contributed by atoms with E-state index in [1.807, 2.05) is 6.92 Å². The summed E-state index contributed by atoms with van der Waals surface area (Å²) in [6, 6.07) is 0. The minimum absolute atomic E-state index is 0. The normalized spacial score (nSPS) is 7.14. The minimum atomic E-state index is 0. The molecule has 0 amide bonds. The highest BCUT2D eigenvalue weighted by molar-refractivity contribution is 5.85. The van der Waals surface area contributed by atoms with E-state index in [1.165, 1.54) is 0 Å². The number of hydrogen-bond donors (Lipinski definition) is 2. The summed E-state index contributed by atoms with van der Waals surface area (Å²) in [5, 5.41) is 0. The first kappa shape index (κ1) is 10.0. The lowest BCUT2D eigenvalue weighted by molar-refractivity contribution is 0.798. The van der Waals surface area contributed by atoms with Crippen LogP contribution in [0.2, 0.25) is 0 Å². The molecule has 3 N–H and O–H groups in total. The largest absolute Gasteiger partial charge is 0.271 e. The quantitative estimate of drug-likeness (QED) is 0.317. The predicted octanol–water partition coefficient (Wildman–Crippen LogP) is 0.448. The maximum atomic E-state index is 4.92. The molecule has 0 aromatic carbocycles. The maximum Gasteiger partial charge on any atom is 0.0302 e. The van der Waals surface area contributed by atoms with Crippen molar-refractivity contribution in [3.8, 4) is 0 Å². The Bertz CT molecular complexity index is 53.7. The summed E-state index contributed by atoms with van der Waals surface area (Å²) in [4.78, 5) is 0. The van der Waals surface area contributed by atoms with Crippen molar-refractivity contribution in [1.82, 2.24) is 5.43 Å². The first-order valence-corrected chi connectivity index (χ1v) is 1.85. The second-order valence-corrected chi connectivity index (χ2v) is 1.34. The average molecular weight is 123 g/mol. The van der Waals surface area contributed by atoms with E-state index in [2.05, 4.69) is 12.0 Å². The van der Waals surface area contributed by atoms with Crippen LogP contribution in [-0.4, -0.2) is 6.54 Å². The van der Waals surface area contributed by atoms with Gasteiger partial charge < -0.3 is 0 Å². The van der Waals surface area contributed by atoms with Crippen molar-refractivity contribution in [2.24, 2.45) is 5.84 Å². The summed E-state index contributed by atoms with van der Waals surface area (Å²) in [6.07, 6.45) is 0. The fourth-order valence-corrected chi connectivity index (χ4v) is 0.174. The lowest BCUT2D eigenvalue weighted by atomic mass is 10.4. The van der Waals surface area contributed by atoms with Crippen LogP contribution in [-0.2, 0) is 0 Å². The van der Waals surface area contributed by atoms with Crippen LogP contribution in [0, 0.1) is 0 Å². The van der Waals surface area contributed by atoms with Crippen molar-refractivity contribution in [2.45, 2.75) is 6.92 Å². The Morgan fingerprint density at radius 1 is 1.86 bits per heavy atom. The number of nitrogens with two attached hydrogens (primary N) is 1. The van der Waals surface area contributed by atoms with Crippen molar-refractivity contribution in [1.29, 1.82) is 0 Å². The highest BCUT2D eigenvalue weighted by atomic mass is 35.5. The van der Waals surface area contributed by atoms with E-state index in [0.717, 1.165) is 5.57 Å². The standard InChI is InChI=1S/C4H10N2.ClH/c1-4(2)3-6-5;/h6H,1,3,5H2,2H3;1H. The highest BCUT2D eigenvalue weighted by Crippen LogP contribution is 1.76. The highest BCUT2D eigenvalue weighted by Gasteiger charge is 1.74. The van der Waals surface area contributed by atoms with Gasteiger partial charge in [0.2, 0.25) is 0 Å². The molecule has 0 rings (SSSR count). The number of nitrogens with one attached hydrogen (secondary N) is 1. The molecule has 0 atom stereocenters. The third-order valence-corrected chi connectivity index (χ3v) is 0.404. The average Bonchev–Trinajstić information content (AvgIpc) is 1.35. The van der Waals surface area contributed by atoms with Gasteiger partial charge in [0, 0.05) is 6.54 Å². The Hall–Kier alpha value is -0.0500. The molecule has 0 saturated heterocycles. The van der Waals surface area contributed by atoms with Crippen molar-refractivity contribution in [2.75, 3.05) is 6.54 Å². The lowest BCUT2D eigenvalue weighted by Gasteiger charge is -1.91. The Morgan fingerprint density at radius 3 is 2.29 bits per heavy atom. The second kappa shape index (κ2) is 5.95. The van der Waals surface area contributed by atoms with E-state index in [1.54, 1.807) is 0 Å². The summed E-state index contributed by atoms with van der Waals surface area (Å²) >= 11 is 0. The predicted molar refractivity (Wildman–Crippen MR) is 34.3 cm³/mol. The SMILES string of the molecule is C=C(C)CNN.Cl. The molecule has 0 aliphatic heterocycles. The molecule has 0 radical (unpaired) electrons. The molecule has 3 heteroatoms. The van der Waals surface area contributed by atoms with E-state index < -0.39 is 0 Å². The van der Waals surface area contributed by atoms with E-state index in [4.69, 9.17) is 5.84 Å². The molecule has 0 unspecified atom stereocenters. The van der Waals surface area contributed by atoms with Gasteiger partial charge in [0.25, 0.3) is 0 Å². The molecule has 0 saturated carbocycles. The van der Waals surface area contributed by atoms with Gasteiger partial charge >= 0.3 is 0 Å². The Kier molecular flexibility index (Phi) is 8.54. The van der Waals surface area contributed by atoms with Gasteiger partial charge in [-0.2, -0.15) is 0 Å². The van der Waals surface area contributed by atoms with Gasteiger partial charge in [-0.25, -0.2) is 0 Å². The third-order valence-electron chi connectivity index (χ3n) is 0.404. The smallest absolute Gasteiger partial charge is 0.0302 e. The zero-order chi connectivity index (χ0) is 4.99. The third kappa shape index (κ3) is 10.7. The van der Waals surface area contributed by atoms with E-state index in [-0.39, 0.29) is 12.4 Å². The molecule has 0 heterocycles. The summed E-state index contributed by atoms with van der Waals surface area (Å²) < 4.78 is 0. The number of halogens is 1. The molecular formula is C4H11ClN2. The Balaban J connectivity index is 0. The van der Waals surface area contributed by atoms with Crippen LogP contribution < -0.4 is 11.3 Å². The summed E-state index contributed by atoms with van der Waals surface area (Å²) in [5.74, 6) is 4.92. The van der Waals surface area contributed by atoms with Gasteiger partial charge in [-0.15, -0.1) is 12.4 Å². The second-order valence-electron chi connectivity index (χ2n) is 1.34. The van der Waals surface area contributed by atoms with Crippen molar-refractivity contribution < 1.29 is 0 Å². The Morgan fingerprint density at radius 2 is 2.29 bits per heavy atom. The first-order chi connectivity index (χ1) is 2.77. The topological polar surface area (TPSA) is 38.0 Å². The summed E-state index contributed by atoms with van der Waals surface area (Å²) in [7, 11) is 0. The molecule has 0 aromatic rings. The fourth-order valence-electron chi connectivity index (χ4n) is 0.174. The van der Waals surface area contributed by atoms with Crippen LogP contribution in [0.25, 0.3) is 0 Å². The fraction of sp³-hybridized carbons (Fsp3) is 0.500.